The summed E-state index contributed by atoms with van der Waals surface area (Å²) in [6.45, 7) is 2.61. The van der Waals surface area contributed by atoms with Crippen LogP contribution < -0.4 is 5.32 Å². The number of hydrogen-bond donors (Lipinski definition) is 3. The maximum absolute atomic E-state index is 11.4. The number of carbonyl (C=O) groups excluding carboxylic acids is 1. The number of likely N-dealkylation sites (N-methyl/N-ethyl adjacent to an activating group) is 1. The summed E-state index contributed by atoms with van der Waals surface area (Å²) in [5.74, 6) is -1.49. The number of hydrogen-bond acceptors (Lipinski definition) is 4. The molecule has 0 spiro atoms. The molecule has 0 aliphatic rings. The highest BCUT2D eigenvalue weighted by Crippen LogP contribution is 2.01. The molecule has 0 aromatic rings. The van der Waals surface area contributed by atoms with Gasteiger partial charge in [-0.25, -0.2) is 4.79 Å². The van der Waals surface area contributed by atoms with Gasteiger partial charge in [-0.1, -0.05) is 0 Å². The van der Waals surface area contributed by atoms with E-state index in [9.17, 15) is 14.7 Å². The fourth-order valence-electron chi connectivity index (χ4n) is 0.902. The van der Waals surface area contributed by atoms with Crippen LogP contribution in [0.25, 0.3) is 0 Å². The highest BCUT2D eigenvalue weighted by molar-refractivity contribution is 5.81. The van der Waals surface area contributed by atoms with Gasteiger partial charge in [0, 0.05) is 20.6 Å². The zero-order valence-corrected chi connectivity index (χ0v) is 9.44. The molecule has 1 amide bonds. The lowest BCUT2D eigenvalue weighted by molar-refractivity contribution is -0.156. The Kier molecular flexibility index (Phi) is 4.70. The normalized spacial score (nSPS) is 16.6. The van der Waals surface area contributed by atoms with E-state index in [1.165, 1.54) is 11.8 Å². The largest absolute Gasteiger partial charge is 0.479 e. The van der Waals surface area contributed by atoms with Crippen LogP contribution in [0.1, 0.15) is 13.8 Å². The van der Waals surface area contributed by atoms with E-state index in [2.05, 4.69) is 5.32 Å². The van der Waals surface area contributed by atoms with Crippen molar-refractivity contribution < 1.29 is 19.8 Å². The van der Waals surface area contributed by atoms with Gasteiger partial charge in [-0.15, -0.1) is 0 Å². The first-order valence-electron chi connectivity index (χ1n) is 4.59. The second-order valence-electron chi connectivity index (χ2n) is 3.91. The highest BCUT2D eigenvalue weighted by Gasteiger charge is 2.30. The van der Waals surface area contributed by atoms with E-state index in [0.717, 1.165) is 0 Å². The molecule has 6 heteroatoms. The first kappa shape index (κ1) is 13.9. The second kappa shape index (κ2) is 5.09. The van der Waals surface area contributed by atoms with E-state index in [0.29, 0.717) is 0 Å². The topological polar surface area (TPSA) is 89.9 Å². The fraction of sp³-hybridized carbons (Fsp3) is 0.778. The van der Waals surface area contributed by atoms with E-state index in [-0.39, 0.29) is 12.5 Å². The Hall–Kier alpha value is -1.14. The molecule has 0 aromatic heterocycles. The lowest BCUT2D eigenvalue weighted by atomic mass is 10.1. The van der Waals surface area contributed by atoms with Gasteiger partial charge in [-0.2, -0.15) is 0 Å². The summed E-state index contributed by atoms with van der Waals surface area (Å²) < 4.78 is 0. The Balaban J connectivity index is 4.17. The van der Waals surface area contributed by atoms with Gasteiger partial charge in [0.25, 0.3) is 0 Å². The van der Waals surface area contributed by atoms with Crippen LogP contribution in [-0.2, 0) is 9.59 Å². The van der Waals surface area contributed by atoms with Crippen LogP contribution in [0.2, 0.25) is 0 Å². The number of aliphatic carboxylic acids is 1. The molecule has 0 aromatic carbocycles. The molecular weight excluding hydrogens is 200 g/mol. The number of nitrogens with zero attached hydrogens (tertiary/aromatic N) is 1. The van der Waals surface area contributed by atoms with Crippen molar-refractivity contribution in [3.05, 3.63) is 0 Å². The van der Waals surface area contributed by atoms with Gasteiger partial charge in [0.05, 0.1) is 6.04 Å². The lowest BCUT2D eigenvalue weighted by Gasteiger charge is -2.23. The van der Waals surface area contributed by atoms with Crippen molar-refractivity contribution in [2.75, 3.05) is 20.6 Å². The molecule has 0 heterocycles. The number of carboxylic acids is 1. The van der Waals surface area contributed by atoms with Crippen LogP contribution in [-0.4, -0.2) is 59.3 Å². The van der Waals surface area contributed by atoms with Crippen LogP contribution in [0.15, 0.2) is 0 Å². The van der Waals surface area contributed by atoms with Gasteiger partial charge in [-0.05, 0) is 13.8 Å². The van der Waals surface area contributed by atoms with Crippen molar-refractivity contribution in [1.82, 2.24) is 10.2 Å². The minimum absolute atomic E-state index is 0.170. The van der Waals surface area contributed by atoms with E-state index in [1.54, 1.807) is 21.0 Å². The molecule has 0 aliphatic heterocycles. The minimum Gasteiger partial charge on any atom is -0.479 e. The number of rotatable bonds is 5. The average molecular weight is 218 g/mol. The first-order chi connectivity index (χ1) is 6.68. The molecule has 2 unspecified atom stereocenters. The Morgan fingerprint density at radius 2 is 1.93 bits per heavy atom. The van der Waals surface area contributed by atoms with Crippen LogP contribution in [0.5, 0.6) is 0 Å². The summed E-state index contributed by atoms with van der Waals surface area (Å²) >= 11 is 0. The van der Waals surface area contributed by atoms with Gasteiger partial charge < -0.3 is 20.4 Å². The van der Waals surface area contributed by atoms with Crippen molar-refractivity contribution in [3.8, 4) is 0 Å². The average Bonchev–Trinajstić information content (AvgIpc) is 2.12. The van der Waals surface area contributed by atoms with Crippen molar-refractivity contribution in [2.24, 2.45) is 0 Å². The van der Waals surface area contributed by atoms with E-state index in [4.69, 9.17) is 5.11 Å². The molecule has 0 radical (unpaired) electrons. The summed E-state index contributed by atoms with van der Waals surface area (Å²) in [6, 6.07) is -0.522. The molecule has 6 nitrogen and oxygen atoms in total. The molecule has 0 saturated carbocycles. The monoisotopic (exact) mass is 218 g/mol. The van der Waals surface area contributed by atoms with Gasteiger partial charge in [-0.3, -0.25) is 4.79 Å². The van der Waals surface area contributed by atoms with Crippen LogP contribution in [0, 0.1) is 0 Å². The number of carboxylic acid groups (broad SMARTS) is 1. The number of aliphatic hydroxyl groups is 1. The fourth-order valence-corrected chi connectivity index (χ4v) is 0.902. The molecule has 15 heavy (non-hydrogen) atoms. The highest BCUT2D eigenvalue weighted by atomic mass is 16.4. The molecular formula is C9H18N2O4. The summed E-state index contributed by atoms with van der Waals surface area (Å²) in [5.41, 5.74) is -1.86. The molecule has 0 saturated heterocycles. The second-order valence-corrected chi connectivity index (χ2v) is 3.91. The van der Waals surface area contributed by atoms with Gasteiger partial charge in [0.1, 0.15) is 0 Å². The third-order valence-electron chi connectivity index (χ3n) is 2.02. The molecule has 0 aliphatic carbocycles. The maximum Gasteiger partial charge on any atom is 0.336 e. The standard InChI is InChI=1S/C9H18N2O4/c1-6(7(12)11(3)4)10-5-9(2,15)8(13)14/h6,10,15H,5H2,1-4H3,(H,13,14). The van der Waals surface area contributed by atoms with Crippen molar-refractivity contribution in [2.45, 2.75) is 25.5 Å². The van der Waals surface area contributed by atoms with Crippen LogP contribution in [0.3, 0.4) is 0 Å². The molecule has 3 N–H and O–H groups in total. The summed E-state index contributed by atoms with van der Waals surface area (Å²) in [4.78, 5) is 23.3. The molecule has 0 rings (SSSR count). The van der Waals surface area contributed by atoms with Gasteiger partial charge in [0.15, 0.2) is 5.60 Å². The van der Waals surface area contributed by atoms with Crippen molar-refractivity contribution >= 4 is 11.9 Å². The Bertz CT molecular complexity index is 250. The molecule has 0 fully saturated rings. The van der Waals surface area contributed by atoms with Crippen molar-refractivity contribution in [3.63, 3.8) is 0 Å². The Morgan fingerprint density at radius 3 is 2.27 bits per heavy atom. The zero-order valence-electron chi connectivity index (χ0n) is 9.44. The quantitative estimate of drug-likeness (QED) is 0.544. The Labute approximate surface area is 88.9 Å². The minimum atomic E-state index is -1.86. The Morgan fingerprint density at radius 1 is 1.47 bits per heavy atom. The third-order valence-corrected chi connectivity index (χ3v) is 2.02. The number of carbonyl (C=O) groups is 2. The predicted molar refractivity (Wildman–Crippen MR) is 54.4 cm³/mol. The van der Waals surface area contributed by atoms with E-state index < -0.39 is 17.6 Å². The van der Waals surface area contributed by atoms with Crippen molar-refractivity contribution in [1.29, 1.82) is 0 Å². The molecule has 0 bridgehead atoms. The van der Waals surface area contributed by atoms with Crippen LogP contribution >= 0.6 is 0 Å². The maximum atomic E-state index is 11.4. The molecule has 2 atom stereocenters. The SMILES string of the molecule is CC(NCC(C)(O)C(=O)O)C(=O)N(C)C. The van der Waals surface area contributed by atoms with E-state index in [1.807, 2.05) is 0 Å². The summed E-state index contributed by atoms with van der Waals surface area (Å²) in [5, 5.41) is 20.7. The molecule has 88 valence electrons. The third kappa shape index (κ3) is 4.26. The lowest BCUT2D eigenvalue weighted by Crippen LogP contribution is -2.50. The predicted octanol–water partition coefficient (Wildman–Crippen LogP) is -1.11. The smallest absolute Gasteiger partial charge is 0.336 e. The first-order valence-corrected chi connectivity index (χ1v) is 4.59. The van der Waals surface area contributed by atoms with Gasteiger partial charge in [0.2, 0.25) is 5.91 Å². The summed E-state index contributed by atoms with van der Waals surface area (Å²) in [6.07, 6.45) is 0. The zero-order chi connectivity index (χ0) is 12.2. The van der Waals surface area contributed by atoms with Crippen LogP contribution in [0.4, 0.5) is 0 Å². The number of nitrogens with one attached hydrogen (secondary N) is 1. The van der Waals surface area contributed by atoms with Gasteiger partial charge >= 0.3 is 5.97 Å². The summed E-state index contributed by atoms with van der Waals surface area (Å²) in [7, 11) is 3.21. The van der Waals surface area contributed by atoms with E-state index >= 15 is 0 Å². The number of amides is 1.